The molecule has 2 N–H and O–H groups in total. The molecule has 1 aromatic rings. The highest BCUT2D eigenvalue weighted by Gasteiger charge is 2.40. The van der Waals surface area contributed by atoms with Gasteiger partial charge in [0, 0.05) is 12.6 Å². The highest BCUT2D eigenvalue weighted by atomic mass is 16.4. The molecule has 2 saturated heterocycles. The van der Waals surface area contributed by atoms with Crippen LogP contribution in [0, 0.1) is 5.92 Å². The van der Waals surface area contributed by atoms with Crippen LogP contribution in [0.1, 0.15) is 29.0 Å². The molecular weight excluding hydrogens is 248 g/mol. The van der Waals surface area contributed by atoms with Crippen molar-refractivity contribution in [1.29, 1.82) is 0 Å². The Morgan fingerprint density at radius 1 is 1.58 bits per heavy atom. The summed E-state index contributed by atoms with van der Waals surface area (Å²) >= 11 is 0. The lowest BCUT2D eigenvalue weighted by molar-refractivity contribution is -0.124. The number of piperidine rings is 1. The maximum Gasteiger partial charge on any atom is 0.338 e. The van der Waals surface area contributed by atoms with Gasteiger partial charge in [0.2, 0.25) is 5.91 Å². The molecule has 2 aliphatic rings. The summed E-state index contributed by atoms with van der Waals surface area (Å²) in [6.45, 7) is 2.15. The lowest BCUT2D eigenvalue weighted by atomic mass is 9.91. The van der Waals surface area contributed by atoms with E-state index in [0.717, 1.165) is 19.4 Å². The summed E-state index contributed by atoms with van der Waals surface area (Å²) in [6.07, 6.45) is 3.18. The SMILES string of the molecule is O=C(O)c1coc(CN2CCCC3C(=O)NCC32)c1. The average Bonchev–Trinajstić information content (AvgIpc) is 2.98. The number of carboxylic acids is 1. The molecule has 2 atom stereocenters. The van der Waals surface area contributed by atoms with E-state index in [1.807, 2.05) is 0 Å². The highest BCUT2D eigenvalue weighted by Crippen LogP contribution is 2.28. The summed E-state index contributed by atoms with van der Waals surface area (Å²) in [7, 11) is 0. The molecule has 19 heavy (non-hydrogen) atoms. The predicted molar refractivity (Wildman–Crippen MR) is 65.6 cm³/mol. The maximum atomic E-state index is 11.7. The van der Waals surface area contributed by atoms with Gasteiger partial charge in [-0.25, -0.2) is 4.79 Å². The van der Waals surface area contributed by atoms with Crippen LogP contribution in [0.3, 0.4) is 0 Å². The molecular formula is C13H16N2O4. The Morgan fingerprint density at radius 3 is 3.16 bits per heavy atom. The third kappa shape index (κ3) is 2.23. The van der Waals surface area contributed by atoms with Crippen molar-refractivity contribution in [3.8, 4) is 0 Å². The van der Waals surface area contributed by atoms with E-state index in [2.05, 4.69) is 10.2 Å². The predicted octanol–water partition coefficient (Wildman–Crippen LogP) is 0.688. The zero-order valence-corrected chi connectivity index (χ0v) is 10.5. The fourth-order valence-electron chi connectivity index (χ4n) is 3.01. The van der Waals surface area contributed by atoms with E-state index < -0.39 is 5.97 Å². The van der Waals surface area contributed by atoms with Crippen molar-refractivity contribution in [2.24, 2.45) is 5.92 Å². The smallest absolute Gasteiger partial charge is 0.338 e. The van der Waals surface area contributed by atoms with Crippen LogP contribution in [0.25, 0.3) is 0 Å². The summed E-state index contributed by atoms with van der Waals surface area (Å²) in [6, 6.07) is 1.76. The number of nitrogens with zero attached hydrogens (tertiary/aromatic N) is 1. The minimum absolute atomic E-state index is 0.0719. The van der Waals surface area contributed by atoms with Gasteiger partial charge in [-0.2, -0.15) is 0 Å². The van der Waals surface area contributed by atoms with E-state index in [0.29, 0.717) is 18.8 Å². The van der Waals surface area contributed by atoms with Crippen molar-refractivity contribution in [2.75, 3.05) is 13.1 Å². The lowest BCUT2D eigenvalue weighted by Gasteiger charge is -2.35. The van der Waals surface area contributed by atoms with Crippen LogP contribution >= 0.6 is 0 Å². The number of carbonyl (C=O) groups excluding carboxylic acids is 1. The van der Waals surface area contributed by atoms with Crippen molar-refractivity contribution in [1.82, 2.24) is 10.2 Å². The summed E-state index contributed by atoms with van der Waals surface area (Å²) < 4.78 is 5.28. The molecule has 102 valence electrons. The third-order valence-corrected chi connectivity index (χ3v) is 3.98. The molecule has 0 spiro atoms. The molecule has 6 heteroatoms. The van der Waals surface area contributed by atoms with E-state index in [9.17, 15) is 9.59 Å². The first kappa shape index (κ1) is 12.2. The largest absolute Gasteiger partial charge is 0.478 e. The Balaban J connectivity index is 1.71. The van der Waals surface area contributed by atoms with Crippen LogP contribution in [0.5, 0.6) is 0 Å². The second kappa shape index (κ2) is 4.70. The van der Waals surface area contributed by atoms with Crippen molar-refractivity contribution in [3.05, 3.63) is 23.7 Å². The van der Waals surface area contributed by atoms with E-state index in [1.54, 1.807) is 6.07 Å². The van der Waals surface area contributed by atoms with E-state index in [4.69, 9.17) is 9.52 Å². The molecule has 1 aromatic heterocycles. The number of likely N-dealkylation sites (tertiary alicyclic amines) is 1. The molecule has 0 aliphatic carbocycles. The van der Waals surface area contributed by atoms with Crippen molar-refractivity contribution >= 4 is 11.9 Å². The second-order valence-corrected chi connectivity index (χ2v) is 5.14. The molecule has 1 amide bonds. The Kier molecular flexibility index (Phi) is 3.02. The Hall–Kier alpha value is -1.82. The number of carboxylic acid groups (broad SMARTS) is 1. The Labute approximate surface area is 110 Å². The topological polar surface area (TPSA) is 82.8 Å². The van der Waals surface area contributed by atoms with Gasteiger partial charge in [0.15, 0.2) is 0 Å². The van der Waals surface area contributed by atoms with Gasteiger partial charge in [-0.15, -0.1) is 0 Å². The number of furan rings is 1. The lowest BCUT2D eigenvalue weighted by Crippen LogP contribution is -2.44. The first-order valence-electron chi connectivity index (χ1n) is 6.47. The molecule has 0 aromatic carbocycles. The van der Waals surface area contributed by atoms with Crippen LogP contribution in [0.2, 0.25) is 0 Å². The fourth-order valence-corrected chi connectivity index (χ4v) is 3.01. The van der Waals surface area contributed by atoms with Gasteiger partial charge < -0.3 is 14.8 Å². The molecule has 2 aliphatic heterocycles. The minimum Gasteiger partial charge on any atom is -0.478 e. The zero-order chi connectivity index (χ0) is 13.4. The summed E-state index contributed by atoms with van der Waals surface area (Å²) in [5.41, 5.74) is 0.171. The quantitative estimate of drug-likeness (QED) is 0.839. The van der Waals surface area contributed by atoms with Crippen LogP contribution in [0.4, 0.5) is 0 Å². The minimum atomic E-state index is -0.982. The Bertz CT molecular complexity index is 510. The van der Waals surface area contributed by atoms with E-state index >= 15 is 0 Å². The third-order valence-electron chi connectivity index (χ3n) is 3.98. The molecule has 0 saturated carbocycles. The number of amides is 1. The van der Waals surface area contributed by atoms with Crippen molar-refractivity contribution in [3.63, 3.8) is 0 Å². The normalized spacial score (nSPS) is 27.1. The van der Waals surface area contributed by atoms with Gasteiger partial charge in [0.05, 0.1) is 18.0 Å². The molecule has 3 rings (SSSR count). The molecule has 6 nitrogen and oxygen atoms in total. The standard InChI is InChI=1S/C13H16N2O4/c16-12-10-2-1-3-15(11(10)5-14-12)6-9-4-8(7-19-9)13(17)18/h4,7,10-11H,1-3,5-6H2,(H,14,16)(H,17,18). The van der Waals surface area contributed by atoms with Gasteiger partial charge >= 0.3 is 5.97 Å². The number of hydrogen-bond acceptors (Lipinski definition) is 4. The monoisotopic (exact) mass is 264 g/mol. The Morgan fingerprint density at radius 2 is 2.42 bits per heavy atom. The summed E-state index contributed by atoms with van der Waals surface area (Å²) in [4.78, 5) is 24.7. The molecule has 0 bridgehead atoms. The number of carbonyl (C=O) groups is 2. The zero-order valence-electron chi connectivity index (χ0n) is 10.5. The molecule has 2 unspecified atom stereocenters. The van der Waals surface area contributed by atoms with Crippen LogP contribution in [-0.2, 0) is 11.3 Å². The van der Waals surface area contributed by atoms with Gasteiger partial charge in [0.25, 0.3) is 0 Å². The molecule has 3 heterocycles. The van der Waals surface area contributed by atoms with Crippen LogP contribution in [-0.4, -0.2) is 41.0 Å². The van der Waals surface area contributed by atoms with Crippen LogP contribution < -0.4 is 5.32 Å². The van der Waals surface area contributed by atoms with Gasteiger partial charge in [0.1, 0.15) is 12.0 Å². The van der Waals surface area contributed by atoms with Gasteiger partial charge in [-0.3, -0.25) is 9.69 Å². The first-order chi connectivity index (χ1) is 9.15. The number of rotatable bonds is 3. The molecule has 0 radical (unpaired) electrons. The number of fused-ring (bicyclic) bond motifs is 1. The number of aromatic carboxylic acids is 1. The van der Waals surface area contributed by atoms with Gasteiger partial charge in [-0.1, -0.05) is 0 Å². The molecule has 2 fully saturated rings. The summed E-state index contributed by atoms with van der Waals surface area (Å²) in [5.74, 6) is -0.135. The number of hydrogen-bond donors (Lipinski definition) is 2. The highest BCUT2D eigenvalue weighted by molar-refractivity contribution is 5.87. The van der Waals surface area contributed by atoms with Crippen LogP contribution in [0.15, 0.2) is 16.7 Å². The second-order valence-electron chi connectivity index (χ2n) is 5.14. The fraction of sp³-hybridized carbons (Fsp3) is 0.538. The number of nitrogens with one attached hydrogen (secondary N) is 1. The van der Waals surface area contributed by atoms with Crippen molar-refractivity contribution in [2.45, 2.75) is 25.4 Å². The first-order valence-corrected chi connectivity index (χ1v) is 6.47. The average molecular weight is 264 g/mol. The van der Waals surface area contributed by atoms with Crippen molar-refractivity contribution < 1.29 is 19.1 Å². The van der Waals surface area contributed by atoms with E-state index in [-0.39, 0.29) is 23.4 Å². The summed E-state index contributed by atoms with van der Waals surface area (Å²) in [5, 5.41) is 11.8. The van der Waals surface area contributed by atoms with E-state index in [1.165, 1.54) is 6.26 Å². The maximum absolute atomic E-state index is 11.7. The van der Waals surface area contributed by atoms with Gasteiger partial charge in [-0.05, 0) is 25.5 Å².